The first-order valence-corrected chi connectivity index (χ1v) is 10.6. The molecule has 1 rings (SSSR count). The highest BCUT2D eigenvalue weighted by atomic mass is 35.5. The van der Waals surface area contributed by atoms with Gasteiger partial charge < -0.3 is 15.0 Å². The first-order valence-electron chi connectivity index (χ1n) is 9.88. The van der Waals surface area contributed by atoms with E-state index < -0.39 is 6.04 Å². The first kappa shape index (κ1) is 26.6. The number of nitrogens with zero attached hydrogens (tertiary/aromatic N) is 1. The molecule has 0 fully saturated rings. The molecule has 0 bridgehead atoms. The smallest absolute Gasteiger partial charge is 0.247 e. The van der Waals surface area contributed by atoms with E-state index in [1.165, 1.54) is 6.08 Å². The summed E-state index contributed by atoms with van der Waals surface area (Å²) >= 11 is 12.0. The SMILES string of the molecule is CC.CCC(C=O)N(CC(CC(C)C)NC)C(=O)/C=C/c1ccc(Cl)cc1Cl. The third kappa shape index (κ3) is 9.22. The first-order chi connectivity index (χ1) is 13.3. The van der Waals surface area contributed by atoms with Crippen molar-refractivity contribution in [3.63, 3.8) is 0 Å². The number of likely N-dealkylation sites (N-methyl/N-ethyl adjacent to an activating group) is 1. The van der Waals surface area contributed by atoms with Crippen LogP contribution in [-0.2, 0) is 9.59 Å². The van der Waals surface area contributed by atoms with Crippen molar-refractivity contribution in [2.75, 3.05) is 13.6 Å². The molecular formula is C22H34Cl2N2O2. The van der Waals surface area contributed by atoms with Gasteiger partial charge in [0.1, 0.15) is 6.29 Å². The predicted octanol–water partition coefficient (Wildman–Crippen LogP) is 5.47. The minimum atomic E-state index is -0.448. The number of hydrogen-bond donors (Lipinski definition) is 1. The minimum absolute atomic E-state index is 0.125. The van der Waals surface area contributed by atoms with Crippen molar-refractivity contribution < 1.29 is 9.59 Å². The summed E-state index contributed by atoms with van der Waals surface area (Å²) in [5.41, 5.74) is 0.705. The molecule has 28 heavy (non-hydrogen) atoms. The van der Waals surface area contributed by atoms with Gasteiger partial charge in [-0.1, -0.05) is 63.9 Å². The molecule has 4 nitrogen and oxygen atoms in total. The monoisotopic (exact) mass is 428 g/mol. The largest absolute Gasteiger partial charge is 0.328 e. The molecule has 0 radical (unpaired) electrons. The number of aldehydes is 1. The standard InChI is InChI=1S/C20H28Cl2N2O2.C2H6/c1-5-18(13-25)24(12-17(23-4)10-14(2)3)20(26)9-7-15-6-8-16(21)11-19(15)22;1-2/h6-9,11,13-14,17-18,23H,5,10,12H2,1-4H3;1-2H3/b9-7+;. The van der Waals surface area contributed by atoms with Gasteiger partial charge in [-0.15, -0.1) is 0 Å². The summed E-state index contributed by atoms with van der Waals surface area (Å²) < 4.78 is 0. The average Bonchev–Trinajstić information content (AvgIpc) is 2.67. The number of nitrogens with one attached hydrogen (secondary N) is 1. The number of benzene rings is 1. The molecule has 0 spiro atoms. The fourth-order valence-electron chi connectivity index (χ4n) is 2.76. The lowest BCUT2D eigenvalue weighted by molar-refractivity contribution is -0.132. The highest BCUT2D eigenvalue weighted by Crippen LogP contribution is 2.22. The van der Waals surface area contributed by atoms with Crippen molar-refractivity contribution in [3.8, 4) is 0 Å². The quantitative estimate of drug-likeness (QED) is 0.396. The Kier molecular flexibility index (Phi) is 13.9. The maximum atomic E-state index is 12.8. The van der Waals surface area contributed by atoms with E-state index in [2.05, 4.69) is 19.2 Å². The molecule has 0 saturated carbocycles. The Morgan fingerprint density at radius 1 is 1.25 bits per heavy atom. The van der Waals surface area contributed by atoms with Crippen molar-refractivity contribution in [1.82, 2.24) is 10.2 Å². The van der Waals surface area contributed by atoms with Crippen molar-refractivity contribution in [3.05, 3.63) is 39.9 Å². The summed E-state index contributed by atoms with van der Waals surface area (Å²) in [6.45, 7) is 10.6. The molecular weight excluding hydrogens is 395 g/mol. The lowest BCUT2D eigenvalue weighted by atomic mass is 10.0. The Balaban J connectivity index is 0.00000352. The number of rotatable bonds is 10. The summed E-state index contributed by atoms with van der Waals surface area (Å²) in [5, 5.41) is 4.26. The second kappa shape index (κ2) is 14.6. The molecule has 0 aliphatic carbocycles. The maximum Gasteiger partial charge on any atom is 0.247 e. The van der Waals surface area contributed by atoms with Gasteiger partial charge in [0, 0.05) is 28.7 Å². The minimum Gasteiger partial charge on any atom is -0.328 e. The van der Waals surface area contributed by atoms with Crippen LogP contribution in [0.4, 0.5) is 0 Å². The van der Waals surface area contributed by atoms with Gasteiger partial charge >= 0.3 is 0 Å². The Bertz CT molecular complexity index is 633. The van der Waals surface area contributed by atoms with Crippen LogP contribution in [0.2, 0.25) is 10.0 Å². The molecule has 0 saturated heterocycles. The Morgan fingerprint density at radius 2 is 1.89 bits per heavy atom. The summed E-state index contributed by atoms with van der Waals surface area (Å²) in [4.78, 5) is 25.9. The highest BCUT2D eigenvalue weighted by Gasteiger charge is 2.23. The molecule has 6 heteroatoms. The Morgan fingerprint density at radius 3 is 2.36 bits per heavy atom. The molecule has 0 aromatic heterocycles. The van der Waals surface area contributed by atoms with Gasteiger partial charge in [-0.2, -0.15) is 0 Å². The molecule has 158 valence electrons. The molecule has 1 aromatic carbocycles. The van der Waals surface area contributed by atoms with Crippen molar-refractivity contribution in [2.45, 2.75) is 59.5 Å². The van der Waals surface area contributed by atoms with Crippen LogP contribution >= 0.6 is 23.2 Å². The van der Waals surface area contributed by atoms with E-state index in [0.717, 1.165) is 12.7 Å². The van der Waals surface area contributed by atoms with E-state index in [-0.39, 0.29) is 11.9 Å². The van der Waals surface area contributed by atoms with Crippen molar-refractivity contribution in [1.29, 1.82) is 0 Å². The van der Waals surface area contributed by atoms with E-state index in [4.69, 9.17) is 23.2 Å². The van der Waals surface area contributed by atoms with Crippen LogP contribution in [0.1, 0.15) is 53.0 Å². The number of halogens is 2. The molecule has 1 N–H and O–H groups in total. The van der Waals surface area contributed by atoms with Crippen LogP contribution in [0.15, 0.2) is 24.3 Å². The second-order valence-electron chi connectivity index (χ2n) is 6.72. The van der Waals surface area contributed by atoms with Gasteiger partial charge in [0.2, 0.25) is 5.91 Å². The van der Waals surface area contributed by atoms with Crippen LogP contribution in [0.25, 0.3) is 6.08 Å². The predicted molar refractivity (Wildman–Crippen MR) is 121 cm³/mol. The van der Waals surface area contributed by atoms with Crippen LogP contribution < -0.4 is 5.32 Å². The van der Waals surface area contributed by atoms with Gasteiger partial charge in [0.15, 0.2) is 0 Å². The summed E-state index contributed by atoms with van der Waals surface area (Å²) in [6.07, 6.45) is 5.44. The van der Waals surface area contributed by atoms with E-state index in [1.807, 2.05) is 27.8 Å². The summed E-state index contributed by atoms with van der Waals surface area (Å²) in [5.74, 6) is 0.281. The maximum absolute atomic E-state index is 12.8. The lowest BCUT2D eigenvalue weighted by Crippen LogP contribution is -2.48. The molecule has 2 unspecified atom stereocenters. The topological polar surface area (TPSA) is 49.4 Å². The number of hydrogen-bond acceptors (Lipinski definition) is 3. The van der Waals surface area contributed by atoms with Gasteiger partial charge in [0.05, 0.1) is 6.04 Å². The van der Waals surface area contributed by atoms with Gasteiger partial charge in [-0.25, -0.2) is 0 Å². The number of carbonyl (C=O) groups is 2. The zero-order valence-electron chi connectivity index (χ0n) is 17.8. The van der Waals surface area contributed by atoms with Gasteiger partial charge in [-0.3, -0.25) is 4.79 Å². The molecule has 1 aromatic rings. The summed E-state index contributed by atoms with van der Waals surface area (Å²) in [7, 11) is 1.88. The summed E-state index contributed by atoms with van der Waals surface area (Å²) in [6, 6.07) is 4.78. The second-order valence-corrected chi connectivity index (χ2v) is 7.56. The van der Waals surface area contributed by atoms with Crippen molar-refractivity contribution >= 4 is 41.5 Å². The number of carbonyl (C=O) groups excluding carboxylic acids is 2. The third-order valence-electron chi connectivity index (χ3n) is 4.21. The normalized spacial score (nSPS) is 13.0. The van der Waals surface area contributed by atoms with Crippen LogP contribution in [0.3, 0.4) is 0 Å². The Labute approximate surface area is 180 Å². The van der Waals surface area contributed by atoms with E-state index in [1.54, 1.807) is 29.2 Å². The van der Waals surface area contributed by atoms with Gasteiger partial charge in [0.25, 0.3) is 0 Å². The Hall–Kier alpha value is -1.36. The van der Waals surface area contributed by atoms with E-state index in [0.29, 0.717) is 34.5 Å². The zero-order valence-corrected chi connectivity index (χ0v) is 19.3. The van der Waals surface area contributed by atoms with Crippen LogP contribution in [0, 0.1) is 5.92 Å². The molecule has 0 aliphatic heterocycles. The zero-order chi connectivity index (χ0) is 21.7. The average molecular weight is 429 g/mol. The lowest BCUT2D eigenvalue weighted by Gasteiger charge is -2.31. The van der Waals surface area contributed by atoms with Crippen LogP contribution in [0.5, 0.6) is 0 Å². The third-order valence-corrected chi connectivity index (χ3v) is 4.77. The number of amides is 1. The molecule has 1 amide bonds. The molecule has 2 atom stereocenters. The fraction of sp³-hybridized carbons (Fsp3) is 0.545. The van der Waals surface area contributed by atoms with Crippen LogP contribution in [-0.4, -0.2) is 42.8 Å². The van der Waals surface area contributed by atoms with E-state index in [9.17, 15) is 9.59 Å². The highest BCUT2D eigenvalue weighted by molar-refractivity contribution is 6.35. The molecule has 0 aliphatic rings. The fourth-order valence-corrected chi connectivity index (χ4v) is 3.23. The van der Waals surface area contributed by atoms with E-state index >= 15 is 0 Å². The molecule has 0 heterocycles. The van der Waals surface area contributed by atoms with Gasteiger partial charge in [-0.05, 0) is 49.6 Å². The van der Waals surface area contributed by atoms with Crippen molar-refractivity contribution in [2.24, 2.45) is 5.92 Å².